The number of oxazole rings is 1. The van der Waals surface area contributed by atoms with E-state index >= 15 is 0 Å². The van der Waals surface area contributed by atoms with Crippen LogP contribution in [0.3, 0.4) is 0 Å². The number of nitrogens with zero attached hydrogens (tertiary/aromatic N) is 4. The monoisotopic (exact) mass is 530 g/mol. The molecule has 1 aliphatic carbocycles. The molecule has 1 fully saturated rings. The van der Waals surface area contributed by atoms with Crippen molar-refractivity contribution in [2.75, 3.05) is 29.3 Å². The van der Waals surface area contributed by atoms with E-state index < -0.39 is 11.8 Å². The van der Waals surface area contributed by atoms with Gasteiger partial charge in [-0.05, 0) is 44.0 Å². The number of nitrogens with one attached hydrogen (secondary N) is 2. The minimum Gasteiger partial charge on any atom is -0.493 e. The molecule has 0 saturated heterocycles. The Bertz CT molecular complexity index is 1590. The molecule has 2 N–H and O–H groups in total. The number of ether oxygens (including phenoxy) is 2. The topological polar surface area (TPSA) is 126 Å². The lowest BCUT2D eigenvalue weighted by Gasteiger charge is -2.45. The average molecular weight is 531 g/mol. The molecule has 1 atom stereocenters. The zero-order valence-corrected chi connectivity index (χ0v) is 22.1. The molecular formula is C28H30N6O5. The first-order valence-corrected chi connectivity index (χ1v) is 13.1. The number of hydrogen-bond acceptors (Lipinski definition) is 9. The Hall–Kier alpha value is -4.54. The van der Waals surface area contributed by atoms with Gasteiger partial charge in [-0.3, -0.25) is 14.7 Å². The fourth-order valence-corrected chi connectivity index (χ4v) is 5.61. The van der Waals surface area contributed by atoms with E-state index in [2.05, 4.69) is 20.2 Å². The van der Waals surface area contributed by atoms with E-state index in [0.29, 0.717) is 51.4 Å². The standard InChI is InChI=1S/C28H30N6O5/c1-16-26(35)34(19-10-12-22(37-2)24(14-19)38-3)21-15-29-27(32-25(21)33(16)18-7-5-4-6-8-18)30-17-9-11-20-23(13-17)39-28(36)31-20/h9-16,18H,4-8H2,1-3H3,(H,31,36)(H,29,30,32)/t16-/m1/s1. The zero-order valence-electron chi connectivity index (χ0n) is 22.1. The highest BCUT2D eigenvalue weighted by Crippen LogP contribution is 2.44. The summed E-state index contributed by atoms with van der Waals surface area (Å²) < 4.78 is 16.1. The number of benzene rings is 2. The second-order valence-corrected chi connectivity index (χ2v) is 9.84. The highest BCUT2D eigenvalue weighted by atomic mass is 16.5. The largest absolute Gasteiger partial charge is 0.493 e. The molecule has 0 unspecified atom stereocenters. The number of hydrogen-bond donors (Lipinski definition) is 2. The van der Waals surface area contributed by atoms with Crippen LogP contribution in [0.25, 0.3) is 11.1 Å². The van der Waals surface area contributed by atoms with Crippen LogP contribution in [0.5, 0.6) is 11.5 Å². The van der Waals surface area contributed by atoms with Crippen molar-refractivity contribution in [2.24, 2.45) is 0 Å². The van der Waals surface area contributed by atoms with Crippen molar-refractivity contribution < 1.29 is 18.7 Å². The van der Waals surface area contributed by atoms with Gasteiger partial charge in [0.1, 0.15) is 11.7 Å². The first-order chi connectivity index (χ1) is 19.0. The number of aromatic amines is 1. The predicted octanol–water partition coefficient (Wildman–Crippen LogP) is 4.88. The van der Waals surface area contributed by atoms with E-state index in [-0.39, 0.29) is 11.9 Å². The normalized spacial score (nSPS) is 17.8. The third-order valence-electron chi connectivity index (χ3n) is 7.50. The molecule has 1 aliphatic heterocycles. The molecular weight excluding hydrogens is 500 g/mol. The van der Waals surface area contributed by atoms with Gasteiger partial charge in [0.15, 0.2) is 22.9 Å². The fraction of sp³-hybridized carbons (Fsp3) is 0.357. The van der Waals surface area contributed by atoms with Crippen LogP contribution in [0.15, 0.2) is 51.8 Å². The summed E-state index contributed by atoms with van der Waals surface area (Å²) in [6.07, 6.45) is 7.12. The molecule has 2 aliphatic rings. The van der Waals surface area contributed by atoms with Gasteiger partial charge in [-0.2, -0.15) is 4.98 Å². The first-order valence-electron chi connectivity index (χ1n) is 13.1. The number of anilines is 5. The van der Waals surface area contributed by atoms with E-state index in [1.807, 2.05) is 19.1 Å². The summed E-state index contributed by atoms with van der Waals surface area (Å²) >= 11 is 0. The second kappa shape index (κ2) is 9.97. The van der Waals surface area contributed by atoms with Gasteiger partial charge in [0.05, 0.1) is 31.6 Å². The first kappa shape index (κ1) is 24.8. The van der Waals surface area contributed by atoms with Gasteiger partial charge in [0, 0.05) is 23.9 Å². The maximum absolute atomic E-state index is 13.9. The SMILES string of the molecule is COc1ccc(N2C(=O)[C@@H](C)N(C3CCCCC3)c3nc(Nc4ccc5[nH]c(=O)oc5c4)ncc32)cc1OC. The lowest BCUT2D eigenvalue weighted by Crippen LogP contribution is -2.55. The van der Waals surface area contributed by atoms with Crippen molar-refractivity contribution in [2.45, 2.75) is 51.1 Å². The van der Waals surface area contributed by atoms with Gasteiger partial charge in [-0.1, -0.05) is 19.3 Å². The average Bonchev–Trinajstić information content (AvgIpc) is 3.33. The van der Waals surface area contributed by atoms with E-state index in [1.54, 1.807) is 49.6 Å². The Morgan fingerprint density at radius 1 is 1.03 bits per heavy atom. The maximum atomic E-state index is 13.9. The summed E-state index contributed by atoms with van der Waals surface area (Å²) in [5.74, 6) is 1.60. The molecule has 11 heteroatoms. The molecule has 1 saturated carbocycles. The van der Waals surface area contributed by atoms with Crippen LogP contribution in [0.4, 0.5) is 28.8 Å². The summed E-state index contributed by atoms with van der Waals surface area (Å²) in [6, 6.07) is 10.5. The van der Waals surface area contributed by atoms with Crippen LogP contribution in [0, 0.1) is 0 Å². The number of H-pyrrole nitrogens is 1. The summed E-state index contributed by atoms with van der Waals surface area (Å²) in [7, 11) is 3.14. The number of carbonyl (C=O) groups is 1. The number of amides is 1. The van der Waals surface area contributed by atoms with E-state index in [4.69, 9.17) is 18.9 Å². The molecule has 4 aromatic rings. The van der Waals surface area contributed by atoms with Crippen molar-refractivity contribution in [1.29, 1.82) is 0 Å². The molecule has 0 bridgehead atoms. The molecule has 6 rings (SSSR count). The Balaban J connectivity index is 1.43. The quantitative estimate of drug-likeness (QED) is 0.359. The summed E-state index contributed by atoms with van der Waals surface area (Å²) in [6.45, 7) is 1.94. The van der Waals surface area contributed by atoms with Crippen LogP contribution in [0.1, 0.15) is 39.0 Å². The van der Waals surface area contributed by atoms with Gasteiger partial charge < -0.3 is 24.1 Å². The van der Waals surface area contributed by atoms with Gasteiger partial charge in [0.2, 0.25) is 5.95 Å². The molecule has 2 aromatic carbocycles. The predicted molar refractivity (Wildman–Crippen MR) is 148 cm³/mol. The molecule has 3 heterocycles. The molecule has 2 aromatic heterocycles. The number of fused-ring (bicyclic) bond motifs is 2. The van der Waals surface area contributed by atoms with Crippen LogP contribution in [0.2, 0.25) is 0 Å². The van der Waals surface area contributed by atoms with E-state index in [1.165, 1.54) is 6.42 Å². The number of methoxy groups -OCH3 is 2. The lowest BCUT2D eigenvalue weighted by molar-refractivity contribution is -0.119. The van der Waals surface area contributed by atoms with Crippen molar-refractivity contribution >= 4 is 45.8 Å². The molecule has 1 amide bonds. The van der Waals surface area contributed by atoms with Gasteiger partial charge in [-0.15, -0.1) is 0 Å². The Morgan fingerprint density at radius 2 is 1.82 bits per heavy atom. The minimum absolute atomic E-state index is 0.0578. The Kier molecular flexibility index (Phi) is 6.34. The fourth-order valence-electron chi connectivity index (χ4n) is 5.61. The number of rotatable bonds is 6. The van der Waals surface area contributed by atoms with Crippen molar-refractivity contribution in [3.05, 3.63) is 53.1 Å². The van der Waals surface area contributed by atoms with Gasteiger partial charge in [-0.25, -0.2) is 9.78 Å². The zero-order chi connectivity index (χ0) is 27.1. The maximum Gasteiger partial charge on any atom is 0.417 e. The van der Waals surface area contributed by atoms with Crippen molar-refractivity contribution in [3.63, 3.8) is 0 Å². The lowest BCUT2D eigenvalue weighted by atomic mass is 9.92. The highest BCUT2D eigenvalue weighted by Gasteiger charge is 2.41. The number of aromatic nitrogens is 3. The molecule has 0 spiro atoms. The summed E-state index contributed by atoms with van der Waals surface area (Å²) in [4.78, 5) is 41.4. The Labute approximate surface area is 224 Å². The van der Waals surface area contributed by atoms with Crippen LogP contribution >= 0.6 is 0 Å². The van der Waals surface area contributed by atoms with Crippen LogP contribution < -0.4 is 30.3 Å². The van der Waals surface area contributed by atoms with Crippen molar-refractivity contribution in [3.8, 4) is 11.5 Å². The summed E-state index contributed by atoms with van der Waals surface area (Å²) in [5.41, 5.74) is 2.97. The Morgan fingerprint density at radius 3 is 2.59 bits per heavy atom. The highest BCUT2D eigenvalue weighted by molar-refractivity contribution is 6.10. The molecule has 39 heavy (non-hydrogen) atoms. The van der Waals surface area contributed by atoms with Gasteiger partial charge in [0.25, 0.3) is 5.91 Å². The van der Waals surface area contributed by atoms with E-state index in [0.717, 1.165) is 25.7 Å². The third-order valence-corrected chi connectivity index (χ3v) is 7.50. The number of carbonyl (C=O) groups excluding carboxylic acids is 1. The molecule has 11 nitrogen and oxygen atoms in total. The van der Waals surface area contributed by atoms with Crippen molar-refractivity contribution in [1.82, 2.24) is 15.0 Å². The third kappa shape index (κ3) is 4.43. The second-order valence-electron chi connectivity index (χ2n) is 9.84. The van der Waals surface area contributed by atoms with E-state index in [9.17, 15) is 9.59 Å². The van der Waals surface area contributed by atoms with Crippen LogP contribution in [-0.4, -0.2) is 47.2 Å². The smallest absolute Gasteiger partial charge is 0.417 e. The minimum atomic E-state index is -0.510. The van der Waals surface area contributed by atoms with Gasteiger partial charge >= 0.3 is 5.76 Å². The molecule has 202 valence electrons. The van der Waals surface area contributed by atoms with Crippen LogP contribution in [-0.2, 0) is 4.79 Å². The summed E-state index contributed by atoms with van der Waals surface area (Å²) in [5, 5.41) is 3.23. The molecule has 0 radical (unpaired) electrons.